The second-order valence-electron chi connectivity index (χ2n) is 4.72. The number of amides is 1. The van der Waals surface area contributed by atoms with Crippen molar-refractivity contribution >= 4 is 11.9 Å². The molecule has 17 heavy (non-hydrogen) atoms. The minimum atomic E-state index is -0.927. The molecular weight excluding hydrogens is 220 g/mol. The summed E-state index contributed by atoms with van der Waals surface area (Å²) in [6.45, 7) is 5.04. The molecule has 0 bridgehead atoms. The highest BCUT2D eigenvalue weighted by atomic mass is 16.4. The monoisotopic (exact) mass is 242 g/mol. The predicted octanol–water partition coefficient (Wildman–Crippen LogP) is 0.842. The maximum Gasteiger partial charge on any atom is 0.303 e. The van der Waals surface area contributed by atoms with Gasteiger partial charge in [-0.3, -0.25) is 9.59 Å². The summed E-state index contributed by atoms with van der Waals surface area (Å²) in [4.78, 5) is 24.1. The first-order valence-electron chi connectivity index (χ1n) is 6.31. The van der Waals surface area contributed by atoms with E-state index in [4.69, 9.17) is 5.11 Å². The lowest BCUT2D eigenvalue weighted by Crippen LogP contribution is -2.43. The Kier molecular flexibility index (Phi) is 5.97. The van der Waals surface area contributed by atoms with Crippen LogP contribution in [-0.4, -0.2) is 47.6 Å². The fraction of sp³-hybridized carbons (Fsp3) is 0.833. The Balaban J connectivity index is 2.16. The average molecular weight is 242 g/mol. The molecule has 0 radical (unpaired) electrons. The van der Waals surface area contributed by atoms with E-state index in [2.05, 4.69) is 10.2 Å². The molecule has 1 aliphatic rings. The maximum absolute atomic E-state index is 11.4. The van der Waals surface area contributed by atoms with Gasteiger partial charge in [0, 0.05) is 19.0 Å². The minimum Gasteiger partial charge on any atom is -0.481 e. The predicted molar refractivity (Wildman–Crippen MR) is 64.8 cm³/mol. The van der Waals surface area contributed by atoms with Crippen LogP contribution in [0.15, 0.2) is 0 Å². The molecule has 1 rings (SSSR count). The van der Waals surface area contributed by atoms with Gasteiger partial charge in [0.15, 0.2) is 0 Å². The number of aliphatic carboxylic acids is 1. The zero-order chi connectivity index (χ0) is 12.7. The summed E-state index contributed by atoms with van der Waals surface area (Å²) in [5, 5.41) is 11.3. The summed E-state index contributed by atoms with van der Waals surface area (Å²) < 4.78 is 0. The van der Waals surface area contributed by atoms with E-state index < -0.39 is 5.97 Å². The number of piperidine rings is 1. The van der Waals surface area contributed by atoms with Gasteiger partial charge >= 0.3 is 5.97 Å². The van der Waals surface area contributed by atoms with Crippen LogP contribution in [0, 0.1) is 0 Å². The highest BCUT2D eigenvalue weighted by molar-refractivity contribution is 5.80. The van der Waals surface area contributed by atoms with Gasteiger partial charge in [-0.1, -0.05) is 6.42 Å². The Morgan fingerprint density at radius 2 is 1.88 bits per heavy atom. The molecule has 98 valence electrons. The molecule has 1 saturated heterocycles. The van der Waals surface area contributed by atoms with E-state index in [1.807, 2.05) is 6.92 Å². The summed E-state index contributed by atoms with van der Waals surface area (Å²) >= 11 is 0. The lowest BCUT2D eigenvalue weighted by atomic mass is 10.1. The molecule has 0 spiro atoms. The molecule has 1 fully saturated rings. The van der Waals surface area contributed by atoms with Gasteiger partial charge < -0.3 is 15.3 Å². The Morgan fingerprint density at radius 3 is 2.47 bits per heavy atom. The maximum atomic E-state index is 11.4. The first-order chi connectivity index (χ1) is 8.08. The van der Waals surface area contributed by atoms with Gasteiger partial charge in [-0.15, -0.1) is 0 Å². The fourth-order valence-corrected chi connectivity index (χ4v) is 2.14. The summed E-state index contributed by atoms with van der Waals surface area (Å²) in [6, 6.07) is 0.0920. The first kappa shape index (κ1) is 14.0. The van der Waals surface area contributed by atoms with Gasteiger partial charge in [0.25, 0.3) is 0 Å². The third kappa shape index (κ3) is 6.26. The van der Waals surface area contributed by atoms with Crippen LogP contribution in [0.2, 0.25) is 0 Å². The van der Waals surface area contributed by atoms with Crippen molar-refractivity contribution in [2.45, 2.75) is 45.1 Å². The molecule has 5 heteroatoms. The SMILES string of the molecule is CC(CN1CCCCC1)NC(=O)CCC(=O)O. The van der Waals surface area contributed by atoms with E-state index in [1.54, 1.807) is 0 Å². The van der Waals surface area contributed by atoms with Crippen LogP contribution in [0.5, 0.6) is 0 Å². The number of nitrogens with one attached hydrogen (secondary N) is 1. The number of carbonyl (C=O) groups is 2. The van der Waals surface area contributed by atoms with Gasteiger partial charge in [0.05, 0.1) is 6.42 Å². The number of carboxylic acids is 1. The lowest BCUT2D eigenvalue weighted by Gasteiger charge is -2.29. The first-order valence-corrected chi connectivity index (χ1v) is 6.31. The number of carbonyl (C=O) groups excluding carboxylic acids is 1. The van der Waals surface area contributed by atoms with E-state index in [0.29, 0.717) is 0 Å². The Labute approximate surface area is 102 Å². The van der Waals surface area contributed by atoms with E-state index >= 15 is 0 Å². The highest BCUT2D eigenvalue weighted by Gasteiger charge is 2.15. The molecule has 5 nitrogen and oxygen atoms in total. The Hall–Kier alpha value is -1.10. The smallest absolute Gasteiger partial charge is 0.303 e. The van der Waals surface area contributed by atoms with Crippen LogP contribution in [0.3, 0.4) is 0 Å². The number of nitrogens with zero attached hydrogens (tertiary/aromatic N) is 1. The van der Waals surface area contributed by atoms with E-state index in [-0.39, 0.29) is 24.8 Å². The zero-order valence-electron chi connectivity index (χ0n) is 10.4. The van der Waals surface area contributed by atoms with Gasteiger partial charge in [0.2, 0.25) is 5.91 Å². The van der Waals surface area contributed by atoms with Gasteiger partial charge in [-0.05, 0) is 32.9 Å². The number of carboxylic acid groups (broad SMARTS) is 1. The normalized spacial score (nSPS) is 18.6. The molecule has 0 aromatic carbocycles. The molecule has 1 unspecified atom stereocenters. The van der Waals surface area contributed by atoms with Gasteiger partial charge in [-0.25, -0.2) is 0 Å². The quantitative estimate of drug-likeness (QED) is 0.724. The van der Waals surface area contributed by atoms with E-state index in [1.165, 1.54) is 19.3 Å². The molecular formula is C12H22N2O3. The molecule has 1 aliphatic heterocycles. The van der Waals surface area contributed by atoms with Crippen LogP contribution in [0.1, 0.15) is 39.0 Å². The minimum absolute atomic E-state index is 0.0691. The van der Waals surface area contributed by atoms with Crippen molar-refractivity contribution in [1.82, 2.24) is 10.2 Å². The zero-order valence-corrected chi connectivity index (χ0v) is 10.4. The van der Waals surface area contributed by atoms with E-state index in [0.717, 1.165) is 19.6 Å². The summed E-state index contributed by atoms with van der Waals surface area (Å²) in [7, 11) is 0. The van der Waals surface area contributed by atoms with Crippen molar-refractivity contribution in [2.24, 2.45) is 0 Å². The topological polar surface area (TPSA) is 69.6 Å². The van der Waals surface area contributed by atoms with Crippen molar-refractivity contribution in [1.29, 1.82) is 0 Å². The van der Waals surface area contributed by atoms with Crippen LogP contribution >= 0.6 is 0 Å². The average Bonchev–Trinajstić information content (AvgIpc) is 2.27. The second-order valence-corrected chi connectivity index (χ2v) is 4.72. The van der Waals surface area contributed by atoms with Crippen LogP contribution < -0.4 is 5.32 Å². The number of rotatable bonds is 6. The number of hydrogen-bond acceptors (Lipinski definition) is 3. The largest absolute Gasteiger partial charge is 0.481 e. The Bertz CT molecular complexity index is 262. The lowest BCUT2D eigenvalue weighted by molar-refractivity contribution is -0.138. The van der Waals surface area contributed by atoms with Crippen molar-refractivity contribution in [3.05, 3.63) is 0 Å². The second kappa shape index (κ2) is 7.27. The van der Waals surface area contributed by atoms with Crippen molar-refractivity contribution in [3.8, 4) is 0 Å². The molecule has 1 heterocycles. The van der Waals surface area contributed by atoms with Crippen LogP contribution in [-0.2, 0) is 9.59 Å². The summed E-state index contributed by atoms with van der Waals surface area (Å²) in [5.41, 5.74) is 0. The van der Waals surface area contributed by atoms with Gasteiger partial charge in [0.1, 0.15) is 0 Å². The van der Waals surface area contributed by atoms with Gasteiger partial charge in [-0.2, -0.15) is 0 Å². The molecule has 1 amide bonds. The van der Waals surface area contributed by atoms with Crippen molar-refractivity contribution in [3.63, 3.8) is 0 Å². The number of likely N-dealkylation sites (tertiary alicyclic amines) is 1. The molecule has 0 aromatic rings. The summed E-state index contributed by atoms with van der Waals surface area (Å²) in [5.74, 6) is -1.10. The highest BCUT2D eigenvalue weighted by Crippen LogP contribution is 2.08. The molecule has 0 saturated carbocycles. The molecule has 0 aromatic heterocycles. The van der Waals surface area contributed by atoms with Crippen molar-refractivity contribution in [2.75, 3.05) is 19.6 Å². The van der Waals surface area contributed by atoms with Crippen LogP contribution in [0.25, 0.3) is 0 Å². The summed E-state index contributed by atoms with van der Waals surface area (Å²) in [6.07, 6.45) is 3.75. The standard InChI is InChI=1S/C12H22N2O3/c1-10(9-14-7-3-2-4-8-14)13-11(15)5-6-12(16)17/h10H,2-9H2,1H3,(H,13,15)(H,16,17). The third-order valence-electron chi connectivity index (χ3n) is 2.95. The molecule has 1 atom stereocenters. The van der Waals surface area contributed by atoms with Crippen molar-refractivity contribution < 1.29 is 14.7 Å². The fourth-order valence-electron chi connectivity index (χ4n) is 2.14. The molecule has 0 aliphatic carbocycles. The Morgan fingerprint density at radius 1 is 1.24 bits per heavy atom. The van der Waals surface area contributed by atoms with Crippen LogP contribution in [0.4, 0.5) is 0 Å². The van der Waals surface area contributed by atoms with E-state index in [9.17, 15) is 9.59 Å². The number of hydrogen-bond donors (Lipinski definition) is 2. The molecule has 2 N–H and O–H groups in total. The third-order valence-corrected chi connectivity index (χ3v) is 2.95.